The van der Waals surface area contributed by atoms with E-state index in [1.807, 2.05) is 14.1 Å². The highest BCUT2D eigenvalue weighted by Gasteiger charge is 2.13. The Morgan fingerprint density at radius 1 is 1.47 bits per heavy atom. The van der Waals surface area contributed by atoms with Crippen LogP contribution in [0.4, 0.5) is 5.82 Å². The molecule has 0 saturated heterocycles. The molecule has 1 aromatic rings. The second-order valence-corrected chi connectivity index (χ2v) is 5.47. The Morgan fingerprint density at radius 2 is 2.16 bits per heavy atom. The molecular formula is C14H23N3O2. The predicted octanol–water partition coefficient (Wildman–Crippen LogP) is 2.17. The normalized spacial score (nSPS) is 12.7. The van der Waals surface area contributed by atoms with Crippen LogP contribution in [0.15, 0.2) is 18.3 Å². The zero-order chi connectivity index (χ0) is 14.4. The third kappa shape index (κ3) is 5.70. The van der Waals surface area contributed by atoms with Crippen molar-refractivity contribution >= 4 is 11.8 Å². The van der Waals surface area contributed by atoms with Gasteiger partial charge in [0.1, 0.15) is 5.82 Å². The molecule has 0 aromatic carbocycles. The summed E-state index contributed by atoms with van der Waals surface area (Å²) < 4.78 is 0. The van der Waals surface area contributed by atoms with Crippen molar-refractivity contribution in [2.24, 2.45) is 5.92 Å². The number of aromatic carboxylic acids is 1. The van der Waals surface area contributed by atoms with Gasteiger partial charge in [0.25, 0.3) is 0 Å². The SMILES string of the molecule is CC(C)CC(CN(C)C)Nc1cc(C(=O)O)ccn1. The van der Waals surface area contributed by atoms with Gasteiger partial charge in [-0.1, -0.05) is 13.8 Å². The summed E-state index contributed by atoms with van der Waals surface area (Å²) in [6.07, 6.45) is 2.53. The molecule has 106 valence electrons. The summed E-state index contributed by atoms with van der Waals surface area (Å²) in [4.78, 5) is 17.2. The minimum absolute atomic E-state index is 0.255. The Bertz CT molecular complexity index is 409. The van der Waals surface area contributed by atoms with Gasteiger partial charge in [-0.15, -0.1) is 0 Å². The lowest BCUT2D eigenvalue weighted by molar-refractivity contribution is 0.0697. The highest BCUT2D eigenvalue weighted by atomic mass is 16.4. The van der Waals surface area contributed by atoms with Crippen LogP contribution in [-0.2, 0) is 0 Å². The minimum atomic E-state index is -0.932. The summed E-state index contributed by atoms with van der Waals surface area (Å²) in [5.41, 5.74) is 0.255. The lowest BCUT2D eigenvalue weighted by atomic mass is 10.0. The molecule has 5 heteroatoms. The van der Waals surface area contributed by atoms with Gasteiger partial charge in [-0.3, -0.25) is 0 Å². The molecule has 0 spiro atoms. The Balaban J connectivity index is 2.77. The van der Waals surface area contributed by atoms with Crippen LogP contribution in [0.3, 0.4) is 0 Å². The van der Waals surface area contributed by atoms with Gasteiger partial charge < -0.3 is 15.3 Å². The molecule has 19 heavy (non-hydrogen) atoms. The zero-order valence-corrected chi connectivity index (χ0v) is 12.1. The number of likely N-dealkylation sites (N-methyl/N-ethyl adjacent to an activating group) is 1. The summed E-state index contributed by atoms with van der Waals surface area (Å²) in [7, 11) is 4.05. The van der Waals surface area contributed by atoms with Gasteiger partial charge in [-0.25, -0.2) is 9.78 Å². The molecule has 0 fully saturated rings. The van der Waals surface area contributed by atoms with E-state index in [2.05, 4.69) is 29.0 Å². The number of carboxylic acids is 1. The smallest absolute Gasteiger partial charge is 0.335 e. The highest BCUT2D eigenvalue weighted by molar-refractivity contribution is 5.88. The Morgan fingerprint density at radius 3 is 2.68 bits per heavy atom. The average Bonchev–Trinajstić information content (AvgIpc) is 2.27. The molecule has 0 aliphatic carbocycles. The largest absolute Gasteiger partial charge is 0.478 e. The average molecular weight is 265 g/mol. The number of hydrogen-bond donors (Lipinski definition) is 2. The Labute approximate surface area is 114 Å². The second kappa shape index (κ2) is 7.09. The van der Waals surface area contributed by atoms with Crippen molar-refractivity contribution in [1.29, 1.82) is 0 Å². The van der Waals surface area contributed by atoms with Gasteiger partial charge >= 0.3 is 5.97 Å². The van der Waals surface area contributed by atoms with Crippen molar-refractivity contribution in [3.8, 4) is 0 Å². The number of pyridine rings is 1. The van der Waals surface area contributed by atoms with Gasteiger partial charge in [0.15, 0.2) is 0 Å². The van der Waals surface area contributed by atoms with Crippen LogP contribution in [0.5, 0.6) is 0 Å². The number of hydrogen-bond acceptors (Lipinski definition) is 4. The van der Waals surface area contributed by atoms with Crippen LogP contribution in [0, 0.1) is 5.92 Å². The van der Waals surface area contributed by atoms with E-state index in [1.54, 1.807) is 6.07 Å². The molecule has 1 rings (SSSR count). The number of carbonyl (C=O) groups is 1. The molecule has 0 aliphatic heterocycles. The van der Waals surface area contributed by atoms with E-state index >= 15 is 0 Å². The number of rotatable bonds is 7. The van der Waals surface area contributed by atoms with E-state index in [1.165, 1.54) is 12.3 Å². The zero-order valence-electron chi connectivity index (χ0n) is 12.1. The van der Waals surface area contributed by atoms with Gasteiger partial charge in [-0.05, 0) is 38.6 Å². The van der Waals surface area contributed by atoms with Crippen LogP contribution in [0.2, 0.25) is 0 Å². The standard InChI is InChI=1S/C14H23N3O2/c1-10(2)7-12(9-17(3)4)16-13-8-11(14(18)19)5-6-15-13/h5-6,8,10,12H,7,9H2,1-4H3,(H,15,16)(H,18,19). The van der Waals surface area contributed by atoms with Crippen LogP contribution >= 0.6 is 0 Å². The third-order valence-corrected chi connectivity index (χ3v) is 2.70. The lowest BCUT2D eigenvalue weighted by Gasteiger charge is -2.24. The van der Waals surface area contributed by atoms with Crippen molar-refractivity contribution in [3.63, 3.8) is 0 Å². The fourth-order valence-electron chi connectivity index (χ4n) is 2.04. The van der Waals surface area contributed by atoms with E-state index in [-0.39, 0.29) is 11.6 Å². The van der Waals surface area contributed by atoms with E-state index in [4.69, 9.17) is 5.11 Å². The van der Waals surface area contributed by atoms with Crippen molar-refractivity contribution in [1.82, 2.24) is 9.88 Å². The Hall–Kier alpha value is -1.62. The number of nitrogens with one attached hydrogen (secondary N) is 1. The molecule has 5 nitrogen and oxygen atoms in total. The van der Waals surface area contributed by atoms with Crippen LogP contribution in [-0.4, -0.2) is 47.6 Å². The molecule has 1 aromatic heterocycles. The predicted molar refractivity (Wildman–Crippen MR) is 76.6 cm³/mol. The number of nitrogens with zero attached hydrogens (tertiary/aromatic N) is 2. The summed E-state index contributed by atoms with van der Waals surface area (Å²) in [5, 5.41) is 12.3. The summed E-state index contributed by atoms with van der Waals surface area (Å²) in [5.74, 6) is 0.256. The maximum absolute atomic E-state index is 10.9. The molecule has 0 bridgehead atoms. The van der Waals surface area contributed by atoms with Gasteiger partial charge in [0, 0.05) is 18.8 Å². The fourth-order valence-corrected chi connectivity index (χ4v) is 2.04. The van der Waals surface area contributed by atoms with Gasteiger partial charge in [-0.2, -0.15) is 0 Å². The van der Waals surface area contributed by atoms with Gasteiger partial charge in [0.05, 0.1) is 5.56 Å². The fraction of sp³-hybridized carbons (Fsp3) is 0.571. The first kappa shape index (κ1) is 15.4. The van der Waals surface area contributed by atoms with Crippen molar-refractivity contribution in [3.05, 3.63) is 23.9 Å². The summed E-state index contributed by atoms with van der Waals surface area (Å²) in [6.45, 7) is 5.23. The topological polar surface area (TPSA) is 65.5 Å². The van der Waals surface area contributed by atoms with Crippen LogP contribution < -0.4 is 5.32 Å². The summed E-state index contributed by atoms with van der Waals surface area (Å²) in [6, 6.07) is 3.33. The molecule has 0 amide bonds. The first-order valence-electron chi connectivity index (χ1n) is 6.49. The molecule has 2 N–H and O–H groups in total. The van der Waals surface area contributed by atoms with E-state index < -0.39 is 5.97 Å². The van der Waals surface area contributed by atoms with Gasteiger partial charge in [0.2, 0.25) is 0 Å². The molecular weight excluding hydrogens is 242 g/mol. The first-order valence-corrected chi connectivity index (χ1v) is 6.49. The maximum atomic E-state index is 10.9. The Kier molecular flexibility index (Phi) is 5.76. The number of aromatic nitrogens is 1. The number of carboxylic acid groups (broad SMARTS) is 1. The first-order chi connectivity index (χ1) is 8.88. The highest BCUT2D eigenvalue weighted by Crippen LogP contribution is 2.13. The van der Waals surface area contributed by atoms with E-state index in [0.29, 0.717) is 11.7 Å². The van der Waals surface area contributed by atoms with Crippen LogP contribution in [0.25, 0.3) is 0 Å². The van der Waals surface area contributed by atoms with Crippen LogP contribution in [0.1, 0.15) is 30.6 Å². The van der Waals surface area contributed by atoms with Crippen molar-refractivity contribution < 1.29 is 9.90 Å². The molecule has 0 aliphatic rings. The van der Waals surface area contributed by atoms with Crippen molar-refractivity contribution in [2.45, 2.75) is 26.3 Å². The quantitative estimate of drug-likeness (QED) is 0.791. The molecule has 0 radical (unpaired) electrons. The molecule has 1 unspecified atom stereocenters. The molecule has 1 heterocycles. The molecule has 0 saturated carbocycles. The lowest BCUT2D eigenvalue weighted by Crippen LogP contribution is -2.33. The third-order valence-electron chi connectivity index (χ3n) is 2.70. The minimum Gasteiger partial charge on any atom is -0.478 e. The van der Waals surface area contributed by atoms with E-state index in [9.17, 15) is 4.79 Å². The maximum Gasteiger partial charge on any atom is 0.335 e. The molecule has 1 atom stereocenters. The monoisotopic (exact) mass is 265 g/mol. The second-order valence-electron chi connectivity index (χ2n) is 5.47. The summed E-state index contributed by atoms with van der Waals surface area (Å²) >= 11 is 0. The van der Waals surface area contributed by atoms with E-state index in [0.717, 1.165) is 13.0 Å². The number of anilines is 1. The van der Waals surface area contributed by atoms with Crippen molar-refractivity contribution in [2.75, 3.05) is 26.0 Å².